The molecule has 2 amide bonds. The van der Waals surface area contributed by atoms with E-state index in [1.54, 1.807) is 24.3 Å². The third-order valence-corrected chi connectivity index (χ3v) is 4.34. The van der Waals surface area contributed by atoms with E-state index in [0.717, 1.165) is 19.4 Å². The molecule has 5 nitrogen and oxygen atoms in total. The molecule has 2 rings (SSSR count). The number of likely N-dealkylation sites (tertiary alicyclic amines) is 1. The Hall–Kier alpha value is -1.59. The van der Waals surface area contributed by atoms with Gasteiger partial charge in [0.25, 0.3) is 5.91 Å². The average Bonchev–Trinajstić information content (AvgIpc) is 2.59. The first kappa shape index (κ1) is 18.7. The third kappa shape index (κ3) is 5.80. The van der Waals surface area contributed by atoms with Crippen molar-refractivity contribution in [1.82, 2.24) is 10.2 Å². The normalized spacial score (nSPS) is 17.6. The van der Waals surface area contributed by atoms with E-state index in [2.05, 4.69) is 5.32 Å². The lowest BCUT2D eigenvalue weighted by molar-refractivity contribution is -0.135. The minimum Gasteiger partial charge on any atom is -0.377 e. The number of carbonyl (C=O) groups excluding carboxylic acids is 2. The largest absolute Gasteiger partial charge is 0.377 e. The number of amides is 2. The van der Waals surface area contributed by atoms with E-state index in [1.165, 1.54) is 0 Å². The predicted octanol–water partition coefficient (Wildman–Crippen LogP) is 2.88. The number of carbonyl (C=O) groups is 2. The number of nitrogens with one attached hydrogen (secondary N) is 1. The number of piperidine rings is 1. The van der Waals surface area contributed by atoms with Gasteiger partial charge in [-0.1, -0.05) is 11.6 Å². The number of benzene rings is 1. The summed E-state index contributed by atoms with van der Waals surface area (Å²) in [6, 6.07) is 6.74. The lowest BCUT2D eigenvalue weighted by Crippen LogP contribution is -2.43. The highest BCUT2D eigenvalue weighted by molar-refractivity contribution is 6.30. The molecule has 132 valence electrons. The van der Waals surface area contributed by atoms with Gasteiger partial charge in [-0.25, -0.2) is 0 Å². The quantitative estimate of drug-likeness (QED) is 0.768. The van der Waals surface area contributed by atoms with Crippen molar-refractivity contribution in [3.05, 3.63) is 34.9 Å². The summed E-state index contributed by atoms with van der Waals surface area (Å²) >= 11 is 5.80. The highest BCUT2D eigenvalue weighted by atomic mass is 35.5. The van der Waals surface area contributed by atoms with Crippen LogP contribution in [0.5, 0.6) is 0 Å². The van der Waals surface area contributed by atoms with Crippen LogP contribution in [0.3, 0.4) is 0 Å². The zero-order valence-electron chi connectivity index (χ0n) is 14.1. The van der Waals surface area contributed by atoms with Crippen LogP contribution in [0.2, 0.25) is 5.02 Å². The Bertz CT molecular complexity index is 546. The van der Waals surface area contributed by atoms with Crippen molar-refractivity contribution in [3.63, 3.8) is 0 Å². The van der Waals surface area contributed by atoms with Gasteiger partial charge in [0, 0.05) is 43.2 Å². The van der Waals surface area contributed by atoms with Crippen molar-refractivity contribution in [2.24, 2.45) is 0 Å². The van der Waals surface area contributed by atoms with E-state index in [9.17, 15) is 9.59 Å². The van der Waals surface area contributed by atoms with Gasteiger partial charge in [0.15, 0.2) is 0 Å². The smallest absolute Gasteiger partial charge is 0.251 e. The van der Waals surface area contributed by atoms with Gasteiger partial charge < -0.3 is 15.0 Å². The van der Waals surface area contributed by atoms with Gasteiger partial charge in [-0.2, -0.15) is 0 Å². The van der Waals surface area contributed by atoms with Crippen LogP contribution in [-0.4, -0.2) is 49.1 Å². The number of rotatable bonds is 7. The molecule has 1 aliphatic rings. The summed E-state index contributed by atoms with van der Waals surface area (Å²) in [5.41, 5.74) is 0.571. The summed E-state index contributed by atoms with van der Waals surface area (Å²) in [6.45, 7) is 4.63. The predicted molar refractivity (Wildman–Crippen MR) is 94.2 cm³/mol. The monoisotopic (exact) mass is 352 g/mol. The maximum absolute atomic E-state index is 12.2. The lowest BCUT2D eigenvalue weighted by Gasteiger charge is -2.32. The summed E-state index contributed by atoms with van der Waals surface area (Å²) in [5, 5.41) is 3.43. The fourth-order valence-electron chi connectivity index (χ4n) is 2.84. The van der Waals surface area contributed by atoms with Crippen molar-refractivity contribution >= 4 is 23.4 Å². The molecule has 1 heterocycles. The molecule has 0 aromatic heterocycles. The Morgan fingerprint density at radius 3 is 2.79 bits per heavy atom. The second-order valence-corrected chi connectivity index (χ2v) is 6.36. The maximum Gasteiger partial charge on any atom is 0.251 e. The second kappa shape index (κ2) is 9.64. The van der Waals surface area contributed by atoms with Gasteiger partial charge in [-0.15, -0.1) is 0 Å². The van der Waals surface area contributed by atoms with Gasteiger partial charge in [-0.3, -0.25) is 9.59 Å². The summed E-state index contributed by atoms with van der Waals surface area (Å²) in [7, 11) is 0. The van der Waals surface area contributed by atoms with Crippen LogP contribution in [0.15, 0.2) is 24.3 Å². The van der Waals surface area contributed by atoms with Crippen LogP contribution in [0.4, 0.5) is 0 Å². The summed E-state index contributed by atoms with van der Waals surface area (Å²) < 4.78 is 5.62. The van der Waals surface area contributed by atoms with Crippen LogP contribution in [0.25, 0.3) is 0 Å². The van der Waals surface area contributed by atoms with Crippen molar-refractivity contribution in [2.75, 3.05) is 26.2 Å². The van der Waals surface area contributed by atoms with Crippen LogP contribution in [0, 0.1) is 0 Å². The topological polar surface area (TPSA) is 58.6 Å². The Balaban J connectivity index is 1.67. The highest BCUT2D eigenvalue weighted by Gasteiger charge is 2.23. The van der Waals surface area contributed by atoms with E-state index in [0.29, 0.717) is 43.1 Å². The van der Waals surface area contributed by atoms with Gasteiger partial charge in [0.05, 0.1) is 6.10 Å². The molecule has 1 aromatic rings. The third-order valence-electron chi connectivity index (χ3n) is 4.09. The minimum absolute atomic E-state index is 0.139. The number of halogens is 1. The fourth-order valence-corrected chi connectivity index (χ4v) is 2.97. The Kier molecular flexibility index (Phi) is 7.53. The van der Waals surface area contributed by atoms with Crippen LogP contribution < -0.4 is 5.32 Å². The Morgan fingerprint density at radius 1 is 1.33 bits per heavy atom. The van der Waals surface area contributed by atoms with E-state index >= 15 is 0 Å². The van der Waals surface area contributed by atoms with Gasteiger partial charge >= 0.3 is 0 Å². The minimum atomic E-state index is -0.145. The molecule has 24 heavy (non-hydrogen) atoms. The van der Waals surface area contributed by atoms with Crippen LogP contribution in [-0.2, 0) is 9.53 Å². The summed E-state index contributed by atoms with van der Waals surface area (Å²) in [4.78, 5) is 26.1. The first-order chi connectivity index (χ1) is 11.6. The molecule has 1 fully saturated rings. The van der Waals surface area contributed by atoms with Crippen LogP contribution >= 0.6 is 11.6 Å². The first-order valence-corrected chi connectivity index (χ1v) is 8.91. The second-order valence-electron chi connectivity index (χ2n) is 5.93. The standard InChI is InChI=1S/C18H25ClN2O3/c1-2-24-16-5-4-12-21(13-16)17(22)6-3-11-20-18(23)14-7-9-15(19)10-8-14/h7-10,16H,2-6,11-13H2,1H3,(H,20,23)/t16-/m1/s1. The lowest BCUT2D eigenvalue weighted by atomic mass is 10.1. The summed E-state index contributed by atoms with van der Waals surface area (Å²) in [6.07, 6.45) is 3.25. The molecule has 0 saturated carbocycles. The van der Waals surface area contributed by atoms with Crippen molar-refractivity contribution in [2.45, 2.75) is 38.7 Å². The molecular formula is C18H25ClN2O3. The van der Waals surface area contributed by atoms with E-state index in [1.807, 2.05) is 11.8 Å². The van der Waals surface area contributed by atoms with E-state index in [4.69, 9.17) is 16.3 Å². The SMILES string of the molecule is CCO[C@@H]1CCCN(C(=O)CCCNC(=O)c2ccc(Cl)cc2)C1. The Morgan fingerprint density at radius 2 is 2.08 bits per heavy atom. The fraction of sp³-hybridized carbons (Fsp3) is 0.556. The molecule has 1 aliphatic heterocycles. The molecule has 0 radical (unpaired) electrons. The first-order valence-electron chi connectivity index (χ1n) is 8.53. The van der Waals surface area contributed by atoms with Crippen molar-refractivity contribution in [1.29, 1.82) is 0 Å². The highest BCUT2D eigenvalue weighted by Crippen LogP contribution is 2.14. The molecule has 0 bridgehead atoms. The number of nitrogens with zero attached hydrogens (tertiary/aromatic N) is 1. The summed E-state index contributed by atoms with van der Waals surface area (Å²) in [5.74, 6) is -0.00589. The molecule has 1 N–H and O–H groups in total. The molecule has 1 saturated heterocycles. The molecule has 0 unspecified atom stereocenters. The molecule has 1 atom stereocenters. The zero-order chi connectivity index (χ0) is 17.4. The number of hydrogen-bond acceptors (Lipinski definition) is 3. The number of ether oxygens (including phenoxy) is 1. The Labute approximate surface area is 148 Å². The van der Waals surface area contributed by atoms with Gasteiger partial charge in [0.1, 0.15) is 0 Å². The molecule has 0 aliphatic carbocycles. The average molecular weight is 353 g/mol. The van der Waals surface area contributed by atoms with E-state index < -0.39 is 0 Å². The molecule has 0 spiro atoms. The number of hydrogen-bond donors (Lipinski definition) is 1. The van der Waals surface area contributed by atoms with Gasteiger partial charge in [0.2, 0.25) is 5.91 Å². The van der Waals surface area contributed by atoms with Crippen molar-refractivity contribution in [3.8, 4) is 0 Å². The van der Waals surface area contributed by atoms with Crippen LogP contribution in [0.1, 0.15) is 43.0 Å². The van der Waals surface area contributed by atoms with Gasteiger partial charge in [-0.05, 0) is 50.5 Å². The maximum atomic E-state index is 12.2. The molecule has 6 heteroatoms. The van der Waals surface area contributed by atoms with Crippen molar-refractivity contribution < 1.29 is 14.3 Å². The molecular weight excluding hydrogens is 328 g/mol. The molecule has 1 aromatic carbocycles. The van der Waals surface area contributed by atoms with E-state index in [-0.39, 0.29) is 17.9 Å². The zero-order valence-corrected chi connectivity index (χ0v) is 14.8.